The van der Waals surface area contributed by atoms with Crippen LogP contribution < -0.4 is 0 Å². The molecule has 1 aromatic heterocycles. The van der Waals surface area contributed by atoms with Gasteiger partial charge in [0.1, 0.15) is 0 Å². The van der Waals surface area contributed by atoms with Crippen molar-refractivity contribution in [1.29, 1.82) is 0 Å². The minimum absolute atomic E-state index is 0.295. The van der Waals surface area contributed by atoms with Gasteiger partial charge in [-0.1, -0.05) is 0 Å². The molecule has 54 valence electrons. The van der Waals surface area contributed by atoms with Crippen molar-refractivity contribution in [3.05, 3.63) is 17.1 Å². The summed E-state index contributed by atoms with van der Waals surface area (Å²) in [6, 6.07) is 0. The molecule has 10 heavy (non-hydrogen) atoms. The third-order valence-corrected chi connectivity index (χ3v) is 1.53. The van der Waals surface area contributed by atoms with Crippen molar-refractivity contribution in [1.82, 2.24) is 4.37 Å². The Balaban J connectivity index is 2.59. The van der Waals surface area contributed by atoms with E-state index in [-0.39, 0.29) is 5.97 Å². The maximum atomic E-state index is 10.9. The van der Waals surface area contributed by atoms with Gasteiger partial charge < -0.3 is 4.74 Å². The lowest BCUT2D eigenvalue weighted by Gasteiger charge is -1.95. The molecular formula is C6H7NO2S. The van der Waals surface area contributed by atoms with E-state index in [2.05, 4.69) is 4.37 Å². The van der Waals surface area contributed by atoms with Gasteiger partial charge in [-0.3, -0.25) is 0 Å². The fourth-order valence-electron chi connectivity index (χ4n) is 0.520. The molecule has 0 aliphatic rings. The van der Waals surface area contributed by atoms with E-state index in [0.717, 1.165) is 0 Å². The number of rotatable bonds is 2. The number of hydrogen-bond acceptors (Lipinski definition) is 4. The SMILES string of the molecule is CCOC(=O)c1cnsc1. The highest BCUT2D eigenvalue weighted by Gasteiger charge is 2.05. The summed E-state index contributed by atoms with van der Waals surface area (Å²) >= 11 is 1.24. The van der Waals surface area contributed by atoms with Crippen LogP contribution in [-0.4, -0.2) is 16.9 Å². The van der Waals surface area contributed by atoms with Crippen LogP contribution in [0.1, 0.15) is 17.3 Å². The van der Waals surface area contributed by atoms with Gasteiger partial charge in [-0.05, 0) is 18.5 Å². The zero-order chi connectivity index (χ0) is 7.40. The summed E-state index contributed by atoms with van der Waals surface area (Å²) in [6.07, 6.45) is 1.50. The first-order valence-electron chi connectivity index (χ1n) is 2.91. The number of carbonyl (C=O) groups is 1. The molecule has 0 radical (unpaired) electrons. The Morgan fingerprint density at radius 3 is 3.20 bits per heavy atom. The van der Waals surface area contributed by atoms with Crippen LogP contribution >= 0.6 is 11.5 Å². The van der Waals surface area contributed by atoms with Crippen molar-refractivity contribution in [3.63, 3.8) is 0 Å². The van der Waals surface area contributed by atoms with Crippen LogP contribution in [-0.2, 0) is 4.74 Å². The topological polar surface area (TPSA) is 39.2 Å². The second kappa shape index (κ2) is 3.31. The number of carbonyl (C=O) groups excluding carboxylic acids is 1. The van der Waals surface area contributed by atoms with Gasteiger partial charge in [0, 0.05) is 5.38 Å². The summed E-state index contributed by atoms with van der Waals surface area (Å²) in [5.74, 6) is -0.295. The Morgan fingerprint density at radius 2 is 2.70 bits per heavy atom. The van der Waals surface area contributed by atoms with Crippen molar-refractivity contribution >= 4 is 17.5 Å². The van der Waals surface area contributed by atoms with E-state index in [0.29, 0.717) is 12.2 Å². The van der Waals surface area contributed by atoms with Gasteiger partial charge in [-0.25, -0.2) is 9.17 Å². The summed E-state index contributed by atoms with van der Waals surface area (Å²) in [7, 11) is 0. The molecule has 0 aliphatic carbocycles. The van der Waals surface area contributed by atoms with Gasteiger partial charge in [-0.15, -0.1) is 0 Å². The smallest absolute Gasteiger partial charge is 0.340 e. The summed E-state index contributed by atoms with van der Waals surface area (Å²) < 4.78 is 8.48. The quantitative estimate of drug-likeness (QED) is 0.608. The Hall–Kier alpha value is -0.900. The van der Waals surface area contributed by atoms with E-state index in [1.54, 1.807) is 12.3 Å². The molecule has 0 saturated carbocycles. The number of aromatic nitrogens is 1. The predicted octanol–water partition coefficient (Wildman–Crippen LogP) is 1.32. The monoisotopic (exact) mass is 157 g/mol. The molecule has 0 amide bonds. The lowest BCUT2D eigenvalue weighted by molar-refractivity contribution is 0.0527. The van der Waals surface area contributed by atoms with E-state index in [1.165, 1.54) is 17.7 Å². The molecule has 0 bridgehead atoms. The van der Waals surface area contributed by atoms with Crippen LogP contribution in [0.4, 0.5) is 0 Å². The summed E-state index contributed by atoms with van der Waals surface area (Å²) in [6.45, 7) is 2.19. The molecule has 3 nitrogen and oxygen atoms in total. The predicted molar refractivity (Wildman–Crippen MR) is 38.1 cm³/mol. The van der Waals surface area contributed by atoms with Crippen molar-refractivity contribution in [3.8, 4) is 0 Å². The first-order chi connectivity index (χ1) is 4.84. The molecule has 0 aromatic carbocycles. The van der Waals surface area contributed by atoms with Gasteiger partial charge in [0.2, 0.25) is 0 Å². The normalized spacial score (nSPS) is 9.30. The van der Waals surface area contributed by atoms with E-state index in [9.17, 15) is 4.79 Å². The maximum absolute atomic E-state index is 10.9. The van der Waals surface area contributed by atoms with Crippen LogP contribution in [0.25, 0.3) is 0 Å². The van der Waals surface area contributed by atoms with Crippen molar-refractivity contribution in [2.75, 3.05) is 6.61 Å². The van der Waals surface area contributed by atoms with Crippen LogP contribution in [0.2, 0.25) is 0 Å². The molecule has 1 aromatic rings. The van der Waals surface area contributed by atoms with Crippen molar-refractivity contribution in [2.24, 2.45) is 0 Å². The standard InChI is InChI=1S/C6H7NO2S/c1-2-9-6(8)5-3-7-10-4-5/h3-4H,2H2,1H3. The Bertz CT molecular complexity index is 208. The second-order valence-electron chi connectivity index (χ2n) is 1.63. The van der Waals surface area contributed by atoms with E-state index >= 15 is 0 Å². The Labute approximate surface area is 62.8 Å². The molecule has 0 aliphatic heterocycles. The minimum Gasteiger partial charge on any atom is -0.462 e. The highest BCUT2D eigenvalue weighted by molar-refractivity contribution is 7.03. The largest absolute Gasteiger partial charge is 0.462 e. The highest BCUT2D eigenvalue weighted by atomic mass is 32.1. The zero-order valence-electron chi connectivity index (χ0n) is 5.53. The Kier molecular flexibility index (Phi) is 2.39. The summed E-state index contributed by atoms with van der Waals surface area (Å²) in [4.78, 5) is 10.9. The molecule has 0 fully saturated rings. The lowest BCUT2D eigenvalue weighted by atomic mass is 10.4. The molecule has 0 spiro atoms. The fraction of sp³-hybridized carbons (Fsp3) is 0.333. The van der Waals surface area contributed by atoms with E-state index < -0.39 is 0 Å². The fourth-order valence-corrected chi connectivity index (χ4v) is 1.03. The lowest BCUT2D eigenvalue weighted by Crippen LogP contribution is -2.02. The maximum Gasteiger partial charge on any atom is 0.340 e. The average molecular weight is 157 g/mol. The van der Waals surface area contributed by atoms with Crippen molar-refractivity contribution < 1.29 is 9.53 Å². The summed E-state index contributed by atoms with van der Waals surface area (Å²) in [5.41, 5.74) is 0.534. The molecule has 0 unspecified atom stereocenters. The second-order valence-corrected chi connectivity index (χ2v) is 2.29. The Morgan fingerprint density at radius 1 is 1.90 bits per heavy atom. The van der Waals surface area contributed by atoms with Gasteiger partial charge in [0.05, 0.1) is 18.4 Å². The molecule has 0 atom stereocenters. The number of ether oxygens (including phenoxy) is 1. The van der Waals surface area contributed by atoms with E-state index in [1.807, 2.05) is 0 Å². The average Bonchev–Trinajstić information content (AvgIpc) is 2.38. The van der Waals surface area contributed by atoms with Crippen molar-refractivity contribution in [2.45, 2.75) is 6.92 Å². The molecule has 0 saturated heterocycles. The minimum atomic E-state index is -0.295. The van der Waals surface area contributed by atoms with Crippen LogP contribution in [0.5, 0.6) is 0 Å². The van der Waals surface area contributed by atoms with Crippen LogP contribution in [0.3, 0.4) is 0 Å². The number of nitrogens with zero attached hydrogens (tertiary/aromatic N) is 1. The zero-order valence-corrected chi connectivity index (χ0v) is 6.35. The summed E-state index contributed by atoms with van der Waals surface area (Å²) in [5, 5.41) is 1.66. The number of hydrogen-bond donors (Lipinski definition) is 0. The van der Waals surface area contributed by atoms with Gasteiger partial charge in [0.25, 0.3) is 0 Å². The van der Waals surface area contributed by atoms with Gasteiger partial charge in [0.15, 0.2) is 0 Å². The number of esters is 1. The van der Waals surface area contributed by atoms with Crippen LogP contribution in [0.15, 0.2) is 11.6 Å². The third-order valence-electron chi connectivity index (χ3n) is 0.943. The van der Waals surface area contributed by atoms with Gasteiger partial charge >= 0.3 is 5.97 Å². The molecule has 1 heterocycles. The molecule has 0 N–H and O–H groups in total. The van der Waals surface area contributed by atoms with Crippen LogP contribution in [0, 0.1) is 0 Å². The molecule has 1 rings (SSSR count). The first-order valence-corrected chi connectivity index (χ1v) is 3.74. The van der Waals surface area contributed by atoms with E-state index in [4.69, 9.17) is 4.74 Å². The first kappa shape index (κ1) is 7.21. The third kappa shape index (κ3) is 1.54. The van der Waals surface area contributed by atoms with Gasteiger partial charge in [-0.2, -0.15) is 0 Å². The molecule has 4 heteroatoms. The molecular weight excluding hydrogens is 150 g/mol. The highest BCUT2D eigenvalue weighted by Crippen LogP contribution is 2.02.